The number of aromatic nitrogens is 1. The fourth-order valence-electron chi connectivity index (χ4n) is 1.71. The highest BCUT2D eigenvalue weighted by atomic mass is 19.1. The van der Waals surface area contributed by atoms with Crippen LogP contribution in [0.2, 0.25) is 0 Å². The molecule has 0 unspecified atom stereocenters. The summed E-state index contributed by atoms with van der Waals surface area (Å²) in [7, 11) is 0. The summed E-state index contributed by atoms with van der Waals surface area (Å²) in [5.74, 6) is -1.52. The molecule has 0 amide bonds. The van der Waals surface area contributed by atoms with Gasteiger partial charge in [0.05, 0.1) is 0 Å². The molecule has 0 atom stereocenters. The van der Waals surface area contributed by atoms with Gasteiger partial charge < -0.3 is 5.11 Å². The van der Waals surface area contributed by atoms with Crippen molar-refractivity contribution in [1.82, 2.24) is 4.98 Å². The van der Waals surface area contributed by atoms with Crippen LogP contribution in [0, 0.1) is 12.7 Å². The number of benzene rings is 1. The number of aliphatic carboxylic acids is 1. The number of hydrogen-bond donors (Lipinski definition) is 1. The lowest BCUT2D eigenvalue weighted by Crippen LogP contribution is -1.93. The van der Waals surface area contributed by atoms with Crippen molar-refractivity contribution in [2.24, 2.45) is 0 Å². The molecule has 0 aliphatic rings. The van der Waals surface area contributed by atoms with Gasteiger partial charge in [-0.25, -0.2) is 9.18 Å². The molecule has 1 aromatic heterocycles. The van der Waals surface area contributed by atoms with Gasteiger partial charge in [0, 0.05) is 34.8 Å². The SMILES string of the molecule is Cc1cc2cnccc2c(F)c1/C=C/C(=O)O. The summed E-state index contributed by atoms with van der Waals surface area (Å²) in [6.45, 7) is 1.73. The van der Waals surface area contributed by atoms with E-state index >= 15 is 0 Å². The van der Waals surface area contributed by atoms with Crippen LogP contribution in [-0.2, 0) is 4.79 Å². The molecule has 0 saturated carbocycles. The van der Waals surface area contributed by atoms with E-state index in [4.69, 9.17) is 5.11 Å². The van der Waals surface area contributed by atoms with Crippen LogP contribution in [0.4, 0.5) is 4.39 Å². The lowest BCUT2D eigenvalue weighted by atomic mass is 10.0. The van der Waals surface area contributed by atoms with Crippen molar-refractivity contribution in [3.63, 3.8) is 0 Å². The van der Waals surface area contributed by atoms with Crippen LogP contribution < -0.4 is 0 Å². The maximum atomic E-state index is 14.1. The first-order valence-corrected chi connectivity index (χ1v) is 5.03. The molecule has 0 spiro atoms. The average molecular weight is 231 g/mol. The second-order valence-corrected chi connectivity index (χ2v) is 3.69. The Labute approximate surface area is 97.2 Å². The third-order valence-electron chi connectivity index (χ3n) is 2.51. The van der Waals surface area contributed by atoms with Gasteiger partial charge in [-0.2, -0.15) is 0 Å². The number of hydrogen-bond acceptors (Lipinski definition) is 2. The van der Waals surface area contributed by atoms with Crippen molar-refractivity contribution >= 4 is 22.8 Å². The smallest absolute Gasteiger partial charge is 0.328 e. The van der Waals surface area contributed by atoms with Gasteiger partial charge in [-0.15, -0.1) is 0 Å². The second-order valence-electron chi connectivity index (χ2n) is 3.69. The molecule has 0 radical (unpaired) electrons. The number of nitrogens with zero attached hydrogens (tertiary/aromatic N) is 1. The third-order valence-corrected chi connectivity index (χ3v) is 2.51. The molecule has 0 saturated heterocycles. The van der Waals surface area contributed by atoms with Crippen molar-refractivity contribution in [3.8, 4) is 0 Å². The standard InChI is InChI=1S/C13H10FNO2/c1-8-6-9-7-15-5-4-11(9)13(14)10(8)2-3-12(16)17/h2-7H,1H3,(H,16,17)/b3-2+. The lowest BCUT2D eigenvalue weighted by molar-refractivity contribution is -0.131. The Morgan fingerprint density at radius 3 is 3.00 bits per heavy atom. The quantitative estimate of drug-likeness (QED) is 0.808. The minimum absolute atomic E-state index is 0.297. The minimum atomic E-state index is -1.10. The number of carboxylic acid groups (broad SMARTS) is 1. The Morgan fingerprint density at radius 2 is 2.29 bits per heavy atom. The van der Waals surface area contributed by atoms with Crippen LogP contribution in [0.5, 0.6) is 0 Å². The zero-order chi connectivity index (χ0) is 12.4. The maximum absolute atomic E-state index is 14.1. The highest BCUT2D eigenvalue weighted by Crippen LogP contribution is 2.24. The van der Waals surface area contributed by atoms with Crippen molar-refractivity contribution < 1.29 is 14.3 Å². The Hall–Kier alpha value is -2.23. The fraction of sp³-hybridized carbons (Fsp3) is 0.0769. The molecule has 17 heavy (non-hydrogen) atoms. The molecular formula is C13H10FNO2. The second kappa shape index (κ2) is 4.33. The normalized spacial score (nSPS) is 11.2. The van der Waals surface area contributed by atoms with Crippen LogP contribution in [0.1, 0.15) is 11.1 Å². The first-order valence-electron chi connectivity index (χ1n) is 5.03. The number of aryl methyl sites for hydroxylation is 1. The van der Waals surface area contributed by atoms with Crippen LogP contribution in [0.3, 0.4) is 0 Å². The van der Waals surface area contributed by atoms with E-state index in [1.54, 1.807) is 25.3 Å². The molecule has 4 heteroatoms. The van der Waals surface area contributed by atoms with Crippen molar-refractivity contribution in [2.45, 2.75) is 6.92 Å². The summed E-state index contributed by atoms with van der Waals surface area (Å²) >= 11 is 0. The fourth-order valence-corrected chi connectivity index (χ4v) is 1.71. The van der Waals surface area contributed by atoms with Gasteiger partial charge in [-0.1, -0.05) is 0 Å². The number of carboxylic acids is 1. The zero-order valence-electron chi connectivity index (χ0n) is 9.14. The summed E-state index contributed by atoms with van der Waals surface area (Å²) in [4.78, 5) is 14.4. The molecule has 0 aliphatic heterocycles. The lowest BCUT2D eigenvalue weighted by Gasteiger charge is -2.06. The molecule has 0 fully saturated rings. The summed E-state index contributed by atoms with van der Waals surface area (Å²) in [5.41, 5.74) is 0.978. The van der Waals surface area contributed by atoms with Gasteiger partial charge in [0.25, 0.3) is 0 Å². The van der Waals surface area contributed by atoms with Gasteiger partial charge >= 0.3 is 5.97 Å². The van der Waals surface area contributed by atoms with E-state index in [9.17, 15) is 9.18 Å². The summed E-state index contributed by atoms with van der Waals surface area (Å²) < 4.78 is 14.1. The van der Waals surface area contributed by atoms with E-state index in [0.29, 0.717) is 21.9 Å². The molecule has 0 aliphatic carbocycles. The van der Waals surface area contributed by atoms with Crippen LogP contribution in [0.15, 0.2) is 30.6 Å². The van der Waals surface area contributed by atoms with Crippen molar-refractivity contribution in [2.75, 3.05) is 0 Å². The topological polar surface area (TPSA) is 50.2 Å². The largest absolute Gasteiger partial charge is 0.478 e. The number of rotatable bonds is 2. The Morgan fingerprint density at radius 1 is 1.53 bits per heavy atom. The minimum Gasteiger partial charge on any atom is -0.478 e. The zero-order valence-corrected chi connectivity index (χ0v) is 9.14. The highest BCUT2D eigenvalue weighted by Gasteiger charge is 2.08. The maximum Gasteiger partial charge on any atom is 0.328 e. The molecule has 0 bridgehead atoms. The first-order chi connectivity index (χ1) is 8.09. The van der Waals surface area contributed by atoms with E-state index in [2.05, 4.69) is 4.98 Å². The predicted octanol–water partition coefficient (Wildman–Crippen LogP) is 2.78. The first kappa shape index (κ1) is 11.3. The Kier molecular flexibility index (Phi) is 2.87. The molecule has 86 valence electrons. The number of fused-ring (bicyclic) bond motifs is 1. The van der Waals surface area contributed by atoms with E-state index in [1.165, 1.54) is 12.3 Å². The van der Waals surface area contributed by atoms with Crippen molar-refractivity contribution in [1.29, 1.82) is 0 Å². The van der Waals surface area contributed by atoms with Gasteiger partial charge in [0.15, 0.2) is 0 Å². The monoisotopic (exact) mass is 231 g/mol. The van der Waals surface area contributed by atoms with E-state index in [-0.39, 0.29) is 0 Å². The molecule has 1 heterocycles. The van der Waals surface area contributed by atoms with E-state index in [0.717, 1.165) is 6.08 Å². The van der Waals surface area contributed by atoms with Gasteiger partial charge in [0.2, 0.25) is 0 Å². The molecule has 2 aromatic rings. The van der Waals surface area contributed by atoms with Gasteiger partial charge in [0.1, 0.15) is 5.82 Å². The molecular weight excluding hydrogens is 221 g/mol. The molecule has 2 rings (SSSR count). The predicted molar refractivity (Wildman–Crippen MR) is 63.1 cm³/mol. The summed E-state index contributed by atoms with van der Waals surface area (Å²) in [6.07, 6.45) is 5.28. The van der Waals surface area contributed by atoms with Crippen LogP contribution >= 0.6 is 0 Å². The van der Waals surface area contributed by atoms with Gasteiger partial charge in [-0.3, -0.25) is 4.98 Å². The number of pyridine rings is 1. The van der Waals surface area contributed by atoms with Crippen LogP contribution in [0.25, 0.3) is 16.8 Å². The Balaban J connectivity index is 2.67. The molecule has 3 nitrogen and oxygen atoms in total. The molecule has 1 N–H and O–H groups in total. The molecule has 1 aromatic carbocycles. The number of halogens is 1. The third kappa shape index (κ3) is 2.15. The Bertz CT molecular complexity index is 620. The summed E-state index contributed by atoms with van der Waals surface area (Å²) in [6, 6.07) is 3.36. The number of carbonyl (C=O) groups is 1. The van der Waals surface area contributed by atoms with E-state index in [1.807, 2.05) is 0 Å². The van der Waals surface area contributed by atoms with Crippen LogP contribution in [-0.4, -0.2) is 16.1 Å². The van der Waals surface area contributed by atoms with E-state index < -0.39 is 11.8 Å². The van der Waals surface area contributed by atoms with Crippen molar-refractivity contribution in [3.05, 3.63) is 47.5 Å². The van der Waals surface area contributed by atoms with Gasteiger partial charge in [-0.05, 0) is 30.7 Å². The average Bonchev–Trinajstić information content (AvgIpc) is 2.28. The summed E-state index contributed by atoms with van der Waals surface area (Å²) in [5, 5.41) is 9.69. The highest BCUT2D eigenvalue weighted by molar-refractivity contribution is 5.89.